The molecule has 0 amide bonds. The second-order valence-electron chi connectivity index (χ2n) is 2.63. The Kier molecular flexibility index (Phi) is 2.93. The van der Waals surface area contributed by atoms with Gasteiger partial charge in [0, 0.05) is 11.1 Å². The minimum atomic E-state index is -1.81. The third-order valence-corrected chi connectivity index (χ3v) is 1.70. The van der Waals surface area contributed by atoms with Crippen molar-refractivity contribution in [2.75, 3.05) is 0 Å². The summed E-state index contributed by atoms with van der Waals surface area (Å²) in [6, 6.07) is 2.92. The van der Waals surface area contributed by atoms with Gasteiger partial charge in [0.15, 0.2) is 12.4 Å². The first-order valence-corrected chi connectivity index (χ1v) is 3.71. The lowest BCUT2D eigenvalue weighted by molar-refractivity contribution is -0.146. The Morgan fingerprint density at radius 2 is 2.14 bits per heavy atom. The molecule has 4 nitrogen and oxygen atoms in total. The van der Waals surface area contributed by atoms with E-state index in [1.165, 1.54) is 0 Å². The first-order valence-electron chi connectivity index (χ1n) is 3.71. The molecule has 0 aromatic heterocycles. The minimum Gasteiger partial charge on any atom is -0.479 e. The molecule has 0 saturated heterocycles. The number of carboxylic acid groups (broad SMARTS) is 1. The average Bonchev–Trinajstić information content (AvgIpc) is 2.16. The Morgan fingerprint density at radius 3 is 2.64 bits per heavy atom. The van der Waals surface area contributed by atoms with Crippen molar-refractivity contribution in [2.45, 2.75) is 6.10 Å². The van der Waals surface area contributed by atoms with Gasteiger partial charge in [-0.05, 0) is 12.1 Å². The van der Waals surface area contributed by atoms with E-state index in [1.54, 1.807) is 0 Å². The zero-order chi connectivity index (χ0) is 10.7. The van der Waals surface area contributed by atoms with Crippen LogP contribution in [0.25, 0.3) is 0 Å². The molecule has 0 aliphatic carbocycles. The maximum Gasteiger partial charge on any atom is 0.337 e. The summed E-state index contributed by atoms with van der Waals surface area (Å²) in [5.41, 5.74) is -0.284. The van der Waals surface area contributed by atoms with Crippen LogP contribution in [0.2, 0.25) is 0 Å². The van der Waals surface area contributed by atoms with Gasteiger partial charge in [0.2, 0.25) is 0 Å². The molecular weight excluding hydrogens is 191 g/mol. The first-order chi connectivity index (χ1) is 6.56. The molecule has 0 heterocycles. The van der Waals surface area contributed by atoms with Crippen LogP contribution in [0, 0.1) is 5.82 Å². The van der Waals surface area contributed by atoms with E-state index in [0.29, 0.717) is 6.29 Å². The molecule has 1 atom stereocenters. The van der Waals surface area contributed by atoms with Gasteiger partial charge in [0.25, 0.3) is 0 Å². The molecule has 0 aliphatic rings. The van der Waals surface area contributed by atoms with Gasteiger partial charge in [-0.1, -0.05) is 6.07 Å². The van der Waals surface area contributed by atoms with Gasteiger partial charge in [-0.25, -0.2) is 9.18 Å². The van der Waals surface area contributed by atoms with Gasteiger partial charge in [-0.2, -0.15) is 0 Å². The number of carboxylic acids is 1. The fourth-order valence-electron chi connectivity index (χ4n) is 1.03. The van der Waals surface area contributed by atoms with E-state index in [-0.39, 0.29) is 11.1 Å². The van der Waals surface area contributed by atoms with E-state index in [2.05, 4.69) is 0 Å². The number of halogens is 1. The van der Waals surface area contributed by atoms with Crippen LogP contribution >= 0.6 is 0 Å². The quantitative estimate of drug-likeness (QED) is 0.703. The summed E-state index contributed by atoms with van der Waals surface area (Å²) < 4.78 is 12.6. The van der Waals surface area contributed by atoms with Crippen molar-refractivity contribution in [2.24, 2.45) is 0 Å². The predicted molar refractivity (Wildman–Crippen MR) is 44.4 cm³/mol. The normalized spacial score (nSPS) is 12.1. The second-order valence-corrected chi connectivity index (χ2v) is 2.63. The zero-order valence-corrected chi connectivity index (χ0v) is 6.98. The second kappa shape index (κ2) is 3.97. The Balaban J connectivity index is 3.20. The molecule has 1 rings (SSSR count). The Bertz CT molecular complexity index is 375. The number of hydrogen-bond acceptors (Lipinski definition) is 3. The van der Waals surface area contributed by atoms with Gasteiger partial charge in [0.1, 0.15) is 5.82 Å². The van der Waals surface area contributed by atoms with Crippen molar-refractivity contribution < 1.29 is 24.2 Å². The fourth-order valence-corrected chi connectivity index (χ4v) is 1.03. The van der Waals surface area contributed by atoms with E-state index in [9.17, 15) is 14.0 Å². The number of aliphatic hydroxyl groups is 1. The van der Waals surface area contributed by atoms with E-state index < -0.39 is 17.9 Å². The van der Waals surface area contributed by atoms with Crippen LogP contribution in [0.5, 0.6) is 0 Å². The van der Waals surface area contributed by atoms with Crippen molar-refractivity contribution in [1.29, 1.82) is 0 Å². The number of hydrogen-bond donors (Lipinski definition) is 2. The number of carbonyl (C=O) groups excluding carboxylic acids is 1. The van der Waals surface area contributed by atoms with Crippen LogP contribution in [0.3, 0.4) is 0 Å². The zero-order valence-electron chi connectivity index (χ0n) is 6.98. The molecule has 1 aromatic rings. The third-order valence-electron chi connectivity index (χ3n) is 1.70. The molecule has 74 valence electrons. The molecule has 0 aliphatic heterocycles. The summed E-state index contributed by atoms with van der Waals surface area (Å²) in [5, 5.41) is 17.6. The maximum atomic E-state index is 12.6. The van der Waals surface area contributed by atoms with Crippen molar-refractivity contribution in [3.8, 4) is 0 Å². The molecule has 0 saturated carbocycles. The summed E-state index contributed by atoms with van der Waals surface area (Å²) in [5.74, 6) is -2.15. The van der Waals surface area contributed by atoms with Crippen molar-refractivity contribution in [1.82, 2.24) is 0 Å². The van der Waals surface area contributed by atoms with Crippen molar-refractivity contribution in [3.05, 3.63) is 35.1 Å². The molecule has 0 spiro atoms. The summed E-state index contributed by atoms with van der Waals surface area (Å²) in [6.07, 6.45) is -1.51. The van der Waals surface area contributed by atoms with Crippen LogP contribution in [-0.2, 0) is 4.79 Å². The summed E-state index contributed by atoms with van der Waals surface area (Å²) in [6.45, 7) is 0. The van der Waals surface area contributed by atoms with Gasteiger partial charge >= 0.3 is 5.97 Å². The van der Waals surface area contributed by atoms with E-state index >= 15 is 0 Å². The molecule has 2 N–H and O–H groups in total. The van der Waals surface area contributed by atoms with E-state index in [1.807, 2.05) is 0 Å². The lowest BCUT2D eigenvalue weighted by Gasteiger charge is -2.07. The Hall–Kier alpha value is -1.75. The molecule has 0 radical (unpaired) electrons. The summed E-state index contributed by atoms with van der Waals surface area (Å²) in [7, 11) is 0. The number of carbonyl (C=O) groups is 2. The molecular formula is C9H7FO4. The number of benzene rings is 1. The van der Waals surface area contributed by atoms with Gasteiger partial charge in [0.05, 0.1) is 0 Å². The highest BCUT2D eigenvalue weighted by Gasteiger charge is 2.19. The number of aliphatic hydroxyl groups excluding tert-OH is 1. The van der Waals surface area contributed by atoms with Gasteiger partial charge < -0.3 is 10.2 Å². The topological polar surface area (TPSA) is 74.6 Å². The Labute approximate surface area is 78.6 Å². The third kappa shape index (κ3) is 1.94. The molecule has 5 heteroatoms. The van der Waals surface area contributed by atoms with Crippen LogP contribution in [0.15, 0.2) is 18.2 Å². The average molecular weight is 198 g/mol. The van der Waals surface area contributed by atoms with Gasteiger partial charge in [-0.15, -0.1) is 0 Å². The number of aliphatic carboxylic acids is 1. The standard InChI is InChI=1S/C9H7FO4/c10-6-1-2-7(5(3-6)4-11)8(12)9(13)14/h1-4,8,12H,(H,13,14). The molecule has 1 aromatic carbocycles. The summed E-state index contributed by atoms with van der Waals surface area (Å²) >= 11 is 0. The maximum absolute atomic E-state index is 12.6. The van der Waals surface area contributed by atoms with E-state index in [4.69, 9.17) is 10.2 Å². The van der Waals surface area contributed by atoms with Gasteiger partial charge in [-0.3, -0.25) is 4.79 Å². The van der Waals surface area contributed by atoms with Crippen LogP contribution in [0.4, 0.5) is 4.39 Å². The largest absolute Gasteiger partial charge is 0.479 e. The molecule has 14 heavy (non-hydrogen) atoms. The highest BCUT2D eigenvalue weighted by Crippen LogP contribution is 2.18. The molecule has 0 fully saturated rings. The number of aldehydes is 1. The van der Waals surface area contributed by atoms with Crippen LogP contribution < -0.4 is 0 Å². The van der Waals surface area contributed by atoms with Crippen LogP contribution in [0.1, 0.15) is 22.0 Å². The fraction of sp³-hybridized carbons (Fsp3) is 0.111. The smallest absolute Gasteiger partial charge is 0.337 e. The van der Waals surface area contributed by atoms with E-state index in [0.717, 1.165) is 18.2 Å². The highest BCUT2D eigenvalue weighted by atomic mass is 19.1. The first kappa shape index (κ1) is 10.3. The molecule has 0 bridgehead atoms. The monoisotopic (exact) mass is 198 g/mol. The Morgan fingerprint density at radius 1 is 1.50 bits per heavy atom. The lowest BCUT2D eigenvalue weighted by atomic mass is 10.0. The number of rotatable bonds is 3. The lowest BCUT2D eigenvalue weighted by Crippen LogP contribution is -2.12. The highest BCUT2D eigenvalue weighted by molar-refractivity contribution is 5.82. The molecule has 1 unspecified atom stereocenters. The van der Waals surface area contributed by atoms with Crippen molar-refractivity contribution in [3.63, 3.8) is 0 Å². The van der Waals surface area contributed by atoms with Crippen molar-refractivity contribution >= 4 is 12.3 Å². The SMILES string of the molecule is O=Cc1cc(F)ccc1C(O)C(=O)O. The van der Waals surface area contributed by atoms with Crippen LogP contribution in [-0.4, -0.2) is 22.5 Å². The minimum absolute atomic E-state index is 0.117. The predicted octanol–water partition coefficient (Wildman–Crippen LogP) is 0.756. The summed E-state index contributed by atoms with van der Waals surface area (Å²) in [4.78, 5) is 20.8.